The van der Waals surface area contributed by atoms with E-state index in [9.17, 15) is 0 Å². The summed E-state index contributed by atoms with van der Waals surface area (Å²) < 4.78 is 14.8. The molecule has 0 amide bonds. The van der Waals surface area contributed by atoms with Crippen molar-refractivity contribution in [1.29, 1.82) is 0 Å². The Balaban J connectivity index is 1.35. The maximum Gasteiger partial charge on any atom is 0.162 e. The lowest BCUT2D eigenvalue weighted by molar-refractivity contribution is 0.592. The molecular weight excluding hydrogens is 701 g/mol. The van der Waals surface area contributed by atoms with Gasteiger partial charge in [-0.05, 0) is 92.6 Å². The second-order valence-corrected chi connectivity index (χ2v) is 18.3. The average molecular weight is 745 g/mol. The summed E-state index contributed by atoms with van der Waals surface area (Å²) in [5.74, 6) is 0.810. The lowest BCUT2D eigenvalue weighted by Gasteiger charge is -2.23. The van der Waals surface area contributed by atoms with Gasteiger partial charge in [0.1, 0.15) is 0 Å². The number of benzene rings is 7. The third kappa shape index (κ3) is 4.57. The van der Waals surface area contributed by atoms with Gasteiger partial charge >= 0.3 is 0 Å². The molecule has 0 unspecified atom stereocenters. The highest BCUT2D eigenvalue weighted by Crippen LogP contribution is 2.50. The molecule has 11 aromatic rings. The Hall–Kier alpha value is -5.84. The monoisotopic (exact) mass is 744 g/mol. The lowest BCUT2D eigenvalue weighted by atomic mass is 9.82. The summed E-state index contributed by atoms with van der Waals surface area (Å²) in [6.07, 6.45) is 0. The molecule has 0 saturated carbocycles. The number of para-hydroxylation sites is 3. The predicted molar refractivity (Wildman–Crippen MR) is 241 cm³/mol. The van der Waals surface area contributed by atoms with E-state index in [4.69, 9.17) is 4.42 Å². The van der Waals surface area contributed by atoms with E-state index in [1.54, 1.807) is 0 Å². The molecule has 11 rings (SSSR count). The third-order valence-electron chi connectivity index (χ3n) is 12.2. The van der Waals surface area contributed by atoms with E-state index in [0.29, 0.717) is 11.8 Å². The van der Waals surface area contributed by atoms with Gasteiger partial charge in [-0.2, -0.15) is 0 Å². The molecule has 0 aliphatic carbocycles. The first kappa shape index (κ1) is 33.5. The molecule has 4 heterocycles. The van der Waals surface area contributed by atoms with Crippen LogP contribution >= 0.6 is 11.3 Å². The van der Waals surface area contributed by atoms with E-state index < -0.39 is 0 Å². The Bertz CT molecular complexity index is 3380. The number of fused-ring (bicyclic) bond motifs is 12. The quantitative estimate of drug-likeness (QED) is 0.165. The van der Waals surface area contributed by atoms with Gasteiger partial charge in [-0.1, -0.05) is 139 Å². The van der Waals surface area contributed by atoms with Crippen molar-refractivity contribution in [3.05, 3.63) is 144 Å². The summed E-state index contributed by atoms with van der Waals surface area (Å²) in [6.45, 7) is 16.2. The molecule has 0 bridgehead atoms. The Morgan fingerprint density at radius 3 is 1.89 bits per heavy atom. The zero-order valence-electron chi connectivity index (χ0n) is 33.0. The second kappa shape index (κ2) is 11.8. The molecule has 0 saturated heterocycles. The Labute approximate surface area is 330 Å². The molecule has 274 valence electrons. The van der Waals surface area contributed by atoms with E-state index in [-0.39, 0.29) is 5.41 Å². The van der Waals surface area contributed by atoms with E-state index >= 15 is 0 Å². The molecule has 0 radical (unpaired) electrons. The van der Waals surface area contributed by atoms with Crippen LogP contribution in [0.15, 0.2) is 132 Å². The van der Waals surface area contributed by atoms with Gasteiger partial charge in [0.2, 0.25) is 0 Å². The predicted octanol–water partition coefficient (Wildman–Crippen LogP) is 15.6. The molecule has 3 nitrogen and oxygen atoms in total. The summed E-state index contributed by atoms with van der Waals surface area (Å²) in [6, 6.07) is 47.5. The second-order valence-electron chi connectivity index (χ2n) is 17.3. The van der Waals surface area contributed by atoms with E-state index in [2.05, 4.69) is 185 Å². The molecular formula is C52H44N2OS. The molecule has 0 N–H and O–H groups in total. The first-order chi connectivity index (χ1) is 27.1. The smallest absolute Gasteiger partial charge is 0.162 e. The fourth-order valence-corrected chi connectivity index (χ4v) is 10.9. The van der Waals surface area contributed by atoms with E-state index in [1.807, 2.05) is 11.3 Å². The first-order valence-electron chi connectivity index (χ1n) is 20.0. The molecule has 0 aliphatic rings. The van der Waals surface area contributed by atoms with Gasteiger partial charge < -0.3 is 13.2 Å². The van der Waals surface area contributed by atoms with Crippen LogP contribution in [0.5, 0.6) is 0 Å². The fourth-order valence-electron chi connectivity index (χ4n) is 9.67. The summed E-state index contributed by atoms with van der Waals surface area (Å²) in [5.41, 5.74) is 18.2. The Morgan fingerprint density at radius 1 is 0.554 bits per heavy atom. The van der Waals surface area contributed by atoms with Crippen molar-refractivity contribution in [3.63, 3.8) is 0 Å². The van der Waals surface area contributed by atoms with Crippen LogP contribution in [-0.2, 0) is 5.41 Å². The van der Waals surface area contributed by atoms with Crippen molar-refractivity contribution < 1.29 is 4.42 Å². The minimum absolute atomic E-state index is 0.0102. The third-order valence-corrected chi connectivity index (χ3v) is 13.3. The molecule has 0 spiro atoms. The molecule has 56 heavy (non-hydrogen) atoms. The van der Waals surface area contributed by atoms with Gasteiger partial charge in [0, 0.05) is 16.2 Å². The highest BCUT2D eigenvalue weighted by atomic mass is 32.1. The SMILES string of the molecule is CC(C)c1cccc(C(C)C)c1-c1ccc2c3c4sc5ccccc5n5c6cc(-c7ccccc7C(C)(C)C)ccc6c(c6oc7ccccc7n(c2c1)c63)c45. The van der Waals surface area contributed by atoms with Crippen molar-refractivity contribution in [1.82, 2.24) is 8.80 Å². The molecule has 0 aliphatic heterocycles. The van der Waals surface area contributed by atoms with Gasteiger partial charge in [-0.15, -0.1) is 11.3 Å². The number of hydrogen-bond donors (Lipinski definition) is 0. The van der Waals surface area contributed by atoms with Crippen LogP contribution in [-0.4, -0.2) is 8.80 Å². The fraction of sp³-hybridized carbons (Fsp3) is 0.192. The zero-order chi connectivity index (χ0) is 38.2. The summed E-state index contributed by atoms with van der Waals surface area (Å²) in [5, 5.41) is 4.88. The topological polar surface area (TPSA) is 22.0 Å². The summed E-state index contributed by atoms with van der Waals surface area (Å²) >= 11 is 1.90. The molecule has 0 fully saturated rings. The van der Waals surface area contributed by atoms with Gasteiger partial charge in [0.05, 0.1) is 47.9 Å². The van der Waals surface area contributed by atoms with Gasteiger partial charge in [-0.3, -0.25) is 0 Å². The number of hydrogen-bond acceptors (Lipinski definition) is 2. The zero-order valence-corrected chi connectivity index (χ0v) is 33.8. The van der Waals surface area contributed by atoms with Gasteiger partial charge in [0.25, 0.3) is 0 Å². The molecule has 7 aromatic carbocycles. The Kier molecular flexibility index (Phi) is 7.08. The van der Waals surface area contributed by atoms with E-state index in [0.717, 1.165) is 22.2 Å². The molecule has 0 atom stereocenters. The van der Waals surface area contributed by atoms with Crippen LogP contribution in [0.2, 0.25) is 0 Å². The molecule has 4 heteroatoms. The number of nitrogens with zero attached hydrogens (tertiary/aromatic N) is 2. The maximum atomic E-state index is 7.18. The van der Waals surface area contributed by atoms with E-state index in [1.165, 1.54) is 92.0 Å². The highest BCUT2D eigenvalue weighted by molar-refractivity contribution is 7.25. The number of aromatic nitrogens is 2. The first-order valence-corrected chi connectivity index (χ1v) is 20.8. The van der Waals surface area contributed by atoms with Crippen molar-refractivity contribution in [2.45, 2.75) is 65.7 Å². The minimum Gasteiger partial charge on any atom is -0.452 e. The number of rotatable bonds is 4. The minimum atomic E-state index is 0.0102. The summed E-state index contributed by atoms with van der Waals surface area (Å²) in [7, 11) is 0. The van der Waals surface area contributed by atoms with Crippen LogP contribution in [0.25, 0.3) is 97.5 Å². The van der Waals surface area contributed by atoms with Crippen molar-refractivity contribution in [2.75, 3.05) is 0 Å². The van der Waals surface area contributed by atoms with Crippen LogP contribution in [0.1, 0.15) is 77.0 Å². The van der Waals surface area contributed by atoms with Crippen LogP contribution < -0.4 is 0 Å². The van der Waals surface area contributed by atoms with Crippen molar-refractivity contribution >= 4 is 86.5 Å². The largest absolute Gasteiger partial charge is 0.452 e. The van der Waals surface area contributed by atoms with Crippen LogP contribution in [0, 0.1) is 0 Å². The normalized spacial score (nSPS) is 12.9. The standard InChI is InChI=1S/C52H44N2OS/c1-29(2)33-16-14-17-34(30(3)4)45(33)32-24-26-37-42(28-32)53-39-19-10-12-21-43(39)55-50-46-36-25-23-31(35-15-8-9-18-38(35)52(5,6)7)27-41(36)54-40-20-11-13-22-44(40)56-51(49(46)54)47(37)48(50)53/h8-30H,1-7H3. The van der Waals surface area contributed by atoms with Gasteiger partial charge in [0.15, 0.2) is 11.2 Å². The summed E-state index contributed by atoms with van der Waals surface area (Å²) in [4.78, 5) is 0. The van der Waals surface area contributed by atoms with Crippen molar-refractivity contribution in [2.24, 2.45) is 0 Å². The lowest BCUT2D eigenvalue weighted by Crippen LogP contribution is -2.12. The Morgan fingerprint density at radius 2 is 1.16 bits per heavy atom. The highest BCUT2D eigenvalue weighted by Gasteiger charge is 2.28. The maximum absolute atomic E-state index is 7.18. The average Bonchev–Trinajstić information content (AvgIpc) is 3.73. The van der Waals surface area contributed by atoms with Crippen LogP contribution in [0.3, 0.4) is 0 Å². The van der Waals surface area contributed by atoms with Crippen molar-refractivity contribution in [3.8, 4) is 22.3 Å². The van der Waals surface area contributed by atoms with Gasteiger partial charge in [-0.25, -0.2) is 0 Å². The molecule has 4 aromatic heterocycles. The van der Waals surface area contributed by atoms with Crippen LogP contribution in [0.4, 0.5) is 0 Å².